The number of nitrogens with zero attached hydrogens (tertiary/aromatic N) is 1. The van der Waals surface area contributed by atoms with Crippen LogP contribution in [0.3, 0.4) is 0 Å². The summed E-state index contributed by atoms with van der Waals surface area (Å²) >= 11 is 1.84. The van der Waals surface area contributed by atoms with Gasteiger partial charge in [0.1, 0.15) is 0 Å². The molecule has 2 aliphatic rings. The van der Waals surface area contributed by atoms with Crippen molar-refractivity contribution in [3.05, 3.63) is 29.5 Å². The van der Waals surface area contributed by atoms with Gasteiger partial charge in [-0.25, -0.2) is 0 Å². The molecule has 2 heterocycles. The zero-order valence-corrected chi connectivity index (χ0v) is 13.8. The highest BCUT2D eigenvalue weighted by atomic mass is 32.2. The molecule has 1 aromatic carbocycles. The zero-order valence-electron chi connectivity index (χ0n) is 13.0. The Balaban J connectivity index is 1.77. The lowest BCUT2D eigenvalue weighted by molar-refractivity contribution is 0.309. The molecule has 1 N–H and O–H groups in total. The van der Waals surface area contributed by atoms with Gasteiger partial charge >= 0.3 is 0 Å². The number of H-pyrrole nitrogens is 1. The fraction of sp³-hybridized carbons (Fsp3) is 0.556. The van der Waals surface area contributed by atoms with E-state index in [0.717, 1.165) is 12.0 Å². The van der Waals surface area contributed by atoms with E-state index in [1.165, 1.54) is 54.4 Å². The Kier molecular flexibility index (Phi) is 3.50. The van der Waals surface area contributed by atoms with Gasteiger partial charge in [-0.2, -0.15) is 0 Å². The Morgan fingerprint density at radius 1 is 1.29 bits per heavy atom. The Morgan fingerprint density at radius 3 is 2.81 bits per heavy atom. The van der Waals surface area contributed by atoms with Crippen LogP contribution in [0.4, 0.5) is 0 Å². The molecule has 1 aromatic heterocycles. The number of rotatable bonds is 4. The molecule has 0 unspecified atom stereocenters. The highest BCUT2D eigenvalue weighted by Crippen LogP contribution is 2.44. The van der Waals surface area contributed by atoms with Crippen LogP contribution in [0.1, 0.15) is 42.9 Å². The topological polar surface area (TPSA) is 19.0 Å². The van der Waals surface area contributed by atoms with Crippen LogP contribution in [0.2, 0.25) is 0 Å². The molecule has 0 radical (unpaired) electrons. The van der Waals surface area contributed by atoms with Crippen molar-refractivity contribution in [2.24, 2.45) is 0 Å². The minimum absolute atomic E-state index is 0.736. The molecule has 2 fully saturated rings. The van der Waals surface area contributed by atoms with Crippen molar-refractivity contribution in [2.45, 2.75) is 49.0 Å². The predicted molar refractivity (Wildman–Crippen MR) is 91.4 cm³/mol. The quantitative estimate of drug-likeness (QED) is 0.844. The number of hydrogen-bond donors (Lipinski definition) is 1. The number of likely N-dealkylation sites (N-methyl/N-ethyl adjacent to an activating group) is 1. The third kappa shape index (κ3) is 2.51. The minimum atomic E-state index is 0.736. The van der Waals surface area contributed by atoms with E-state index >= 15 is 0 Å². The summed E-state index contributed by atoms with van der Waals surface area (Å²) in [6.07, 6.45) is 8.85. The average Bonchev–Trinajstić information content (AvgIpc) is 3.18. The third-order valence-corrected chi connectivity index (χ3v) is 5.97. The van der Waals surface area contributed by atoms with E-state index in [4.69, 9.17) is 0 Å². The Bertz CT molecular complexity index is 657. The smallest absolute Gasteiger partial charge is 0.0459 e. The monoisotopic (exact) mass is 300 g/mol. The maximum atomic E-state index is 3.74. The molecular weight excluding hydrogens is 276 g/mol. The highest BCUT2D eigenvalue weighted by Gasteiger charge is 2.31. The predicted octanol–water partition coefficient (Wildman–Crippen LogP) is 4.40. The Labute approximate surface area is 131 Å². The standard InChI is InChI=1S/C18H24N2S/c1-20-9-3-4-13(20)10-16-15-11-14(21-2)7-8-17(15)19-18(16)12-5-6-12/h7-8,11-13,19H,3-6,9-10H2,1-2H3/t13-/m1/s1. The van der Waals surface area contributed by atoms with Crippen LogP contribution in [0.5, 0.6) is 0 Å². The average molecular weight is 300 g/mol. The first-order valence-corrected chi connectivity index (χ1v) is 9.37. The maximum Gasteiger partial charge on any atom is 0.0459 e. The lowest BCUT2D eigenvalue weighted by atomic mass is 9.99. The number of aromatic amines is 1. The van der Waals surface area contributed by atoms with Gasteiger partial charge in [-0.05, 0) is 81.6 Å². The van der Waals surface area contributed by atoms with Gasteiger partial charge in [0.25, 0.3) is 0 Å². The van der Waals surface area contributed by atoms with E-state index in [-0.39, 0.29) is 0 Å². The van der Waals surface area contributed by atoms with Crippen LogP contribution in [0.25, 0.3) is 10.9 Å². The molecule has 112 valence electrons. The number of aromatic nitrogens is 1. The van der Waals surface area contributed by atoms with Gasteiger partial charge < -0.3 is 9.88 Å². The van der Waals surface area contributed by atoms with Gasteiger partial charge in [0.2, 0.25) is 0 Å². The summed E-state index contributed by atoms with van der Waals surface area (Å²) in [6.45, 7) is 1.27. The van der Waals surface area contributed by atoms with Gasteiger partial charge in [0.05, 0.1) is 0 Å². The molecule has 1 aliphatic heterocycles. The second-order valence-corrected chi connectivity index (χ2v) is 7.56. The summed E-state index contributed by atoms with van der Waals surface area (Å²) in [7, 11) is 2.29. The molecule has 0 spiro atoms. The van der Waals surface area contributed by atoms with Gasteiger partial charge in [-0.15, -0.1) is 11.8 Å². The fourth-order valence-corrected chi connectivity index (χ4v) is 4.23. The van der Waals surface area contributed by atoms with Crippen molar-refractivity contribution in [3.63, 3.8) is 0 Å². The lowest BCUT2D eigenvalue weighted by Gasteiger charge is -2.20. The molecule has 1 saturated heterocycles. The first-order chi connectivity index (χ1) is 10.3. The third-order valence-electron chi connectivity index (χ3n) is 5.24. The molecule has 1 aliphatic carbocycles. The van der Waals surface area contributed by atoms with Crippen molar-refractivity contribution >= 4 is 22.7 Å². The largest absolute Gasteiger partial charge is 0.358 e. The molecular formula is C18H24N2S. The number of thioether (sulfide) groups is 1. The molecule has 1 atom stereocenters. The summed E-state index contributed by atoms with van der Waals surface area (Å²) in [5.41, 5.74) is 4.50. The second-order valence-electron chi connectivity index (χ2n) is 6.68. The minimum Gasteiger partial charge on any atom is -0.358 e. The molecule has 1 saturated carbocycles. The summed E-state index contributed by atoms with van der Waals surface area (Å²) < 4.78 is 0. The molecule has 0 amide bonds. The van der Waals surface area contributed by atoms with Crippen molar-refractivity contribution in [1.29, 1.82) is 0 Å². The number of nitrogens with one attached hydrogen (secondary N) is 1. The highest BCUT2D eigenvalue weighted by molar-refractivity contribution is 7.98. The number of likely N-dealkylation sites (tertiary alicyclic amines) is 1. The van der Waals surface area contributed by atoms with E-state index in [2.05, 4.69) is 41.4 Å². The van der Waals surface area contributed by atoms with E-state index in [0.29, 0.717) is 0 Å². The summed E-state index contributed by atoms with van der Waals surface area (Å²) in [6, 6.07) is 7.65. The Hall–Kier alpha value is -0.930. The summed E-state index contributed by atoms with van der Waals surface area (Å²) in [5, 5.41) is 1.48. The van der Waals surface area contributed by atoms with Crippen LogP contribution in [0.15, 0.2) is 23.1 Å². The molecule has 4 rings (SSSR count). The number of hydrogen-bond acceptors (Lipinski definition) is 2. The van der Waals surface area contributed by atoms with Crippen molar-refractivity contribution in [1.82, 2.24) is 9.88 Å². The van der Waals surface area contributed by atoms with Crippen molar-refractivity contribution < 1.29 is 0 Å². The van der Waals surface area contributed by atoms with Gasteiger partial charge in [0, 0.05) is 27.5 Å². The van der Waals surface area contributed by atoms with Crippen LogP contribution >= 0.6 is 11.8 Å². The van der Waals surface area contributed by atoms with Crippen molar-refractivity contribution in [2.75, 3.05) is 19.8 Å². The van der Waals surface area contributed by atoms with Crippen molar-refractivity contribution in [3.8, 4) is 0 Å². The molecule has 2 aromatic rings. The van der Waals surface area contributed by atoms with E-state index < -0.39 is 0 Å². The van der Waals surface area contributed by atoms with E-state index in [1.54, 1.807) is 11.3 Å². The summed E-state index contributed by atoms with van der Waals surface area (Å²) in [5.74, 6) is 0.803. The van der Waals surface area contributed by atoms with Gasteiger partial charge in [-0.1, -0.05) is 0 Å². The van der Waals surface area contributed by atoms with Crippen LogP contribution < -0.4 is 0 Å². The first-order valence-electron chi connectivity index (χ1n) is 8.15. The fourth-order valence-electron chi connectivity index (χ4n) is 3.79. The van der Waals surface area contributed by atoms with Gasteiger partial charge in [-0.3, -0.25) is 0 Å². The lowest BCUT2D eigenvalue weighted by Crippen LogP contribution is -2.27. The second kappa shape index (κ2) is 5.36. The maximum absolute atomic E-state index is 3.74. The Morgan fingerprint density at radius 2 is 2.14 bits per heavy atom. The normalized spacial score (nSPS) is 23.2. The SMILES string of the molecule is CSc1ccc2[nH]c(C3CC3)c(C[C@H]3CCCN3C)c2c1. The first kappa shape index (κ1) is 13.7. The zero-order chi connectivity index (χ0) is 14.4. The molecule has 21 heavy (non-hydrogen) atoms. The van der Waals surface area contributed by atoms with Crippen LogP contribution in [0, 0.1) is 0 Å². The van der Waals surface area contributed by atoms with E-state index in [9.17, 15) is 0 Å². The van der Waals surface area contributed by atoms with E-state index in [1.807, 2.05) is 11.8 Å². The number of fused-ring (bicyclic) bond motifs is 1. The van der Waals surface area contributed by atoms with Crippen LogP contribution in [-0.2, 0) is 6.42 Å². The molecule has 2 nitrogen and oxygen atoms in total. The summed E-state index contributed by atoms with van der Waals surface area (Å²) in [4.78, 5) is 7.67. The number of benzene rings is 1. The van der Waals surface area contributed by atoms with Crippen LogP contribution in [-0.4, -0.2) is 35.8 Å². The molecule has 0 bridgehead atoms. The van der Waals surface area contributed by atoms with Gasteiger partial charge in [0.15, 0.2) is 0 Å². The molecule has 3 heteroatoms.